The monoisotopic (exact) mass is 240 g/mol. The van der Waals surface area contributed by atoms with Gasteiger partial charge in [0, 0.05) is 24.8 Å². The maximum atomic E-state index is 6.53. The third-order valence-electron chi connectivity index (χ3n) is 3.20. The molecule has 15 heavy (non-hydrogen) atoms. The van der Waals surface area contributed by atoms with Gasteiger partial charge in [0.25, 0.3) is 0 Å². The number of para-hydroxylation sites is 1. The summed E-state index contributed by atoms with van der Waals surface area (Å²) in [6.07, 6.45) is 2.63. The molecule has 1 unspecified atom stereocenters. The molecule has 0 amide bonds. The van der Waals surface area contributed by atoms with E-state index in [1.54, 1.807) is 0 Å². The molecule has 0 N–H and O–H groups in total. The minimum absolute atomic E-state index is 0.606. The summed E-state index contributed by atoms with van der Waals surface area (Å²) in [5.74, 6) is 0. The van der Waals surface area contributed by atoms with E-state index in [0.717, 1.165) is 6.54 Å². The lowest BCUT2D eigenvalue weighted by Gasteiger charge is -2.24. The summed E-state index contributed by atoms with van der Waals surface area (Å²) < 4.78 is 4.84. The molecule has 80 valence electrons. The molecule has 2 aliphatic heterocycles. The van der Waals surface area contributed by atoms with Crippen molar-refractivity contribution in [3.8, 4) is 0 Å². The first kappa shape index (κ1) is 9.89. The smallest absolute Gasteiger partial charge is 0.168 e. The van der Waals surface area contributed by atoms with Crippen LogP contribution in [-0.4, -0.2) is 23.8 Å². The normalized spacial score (nSPS) is 30.9. The van der Waals surface area contributed by atoms with Crippen LogP contribution in [0.25, 0.3) is 0 Å². The fraction of sp³-hybridized carbons (Fsp3) is 0.455. The van der Waals surface area contributed by atoms with E-state index in [4.69, 9.17) is 11.2 Å². The van der Waals surface area contributed by atoms with Gasteiger partial charge in [0.05, 0.1) is 0 Å². The van der Waals surface area contributed by atoms with Crippen LogP contribution in [0.1, 0.15) is 12.8 Å². The van der Waals surface area contributed by atoms with Gasteiger partial charge in [-0.1, -0.05) is 29.4 Å². The number of anilines is 1. The third-order valence-corrected chi connectivity index (χ3v) is 6.07. The van der Waals surface area contributed by atoms with E-state index in [-0.39, 0.29) is 0 Å². The van der Waals surface area contributed by atoms with Crippen molar-refractivity contribution in [1.29, 1.82) is 0 Å². The molecule has 2 nitrogen and oxygen atoms in total. The zero-order valence-corrected chi connectivity index (χ0v) is 10.2. The molecule has 2 saturated heterocycles. The number of benzene rings is 1. The summed E-state index contributed by atoms with van der Waals surface area (Å²) in [6, 6.07) is 11.2. The zero-order chi connectivity index (χ0) is 10.3. The molecule has 0 bridgehead atoms. The third kappa shape index (κ3) is 1.65. The summed E-state index contributed by atoms with van der Waals surface area (Å²) in [6.45, 7) is 2.29. The van der Waals surface area contributed by atoms with Crippen LogP contribution in [0.15, 0.2) is 30.3 Å². The van der Waals surface area contributed by atoms with E-state index in [9.17, 15) is 0 Å². The van der Waals surface area contributed by atoms with E-state index in [2.05, 4.69) is 39.7 Å². The molecule has 3 rings (SSSR count). The lowest BCUT2D eigenvalue weighted by molar-refractivity contribution is 0.469. The highest BCUT2D eigenvalue weighted by atomic mass is 35.7. The SMILES string of the molecule is ClP1N(c2ccccc2)C[C@@H]2CCCN21. The standard InChI is InChI=1S/C11H14ClN2P/c12-15-13-8-4-7-11(13)9-14(15)10-5-2-1-3-6-10/h1-3,5-6,11H,4,7-9H2/t11-,15?/m0/s1. The number of fused-ring (bicyclic) bond motifs is 1. The molecule has 2 heterocycles. The Morgan fingerprint density at radius 3 is 2.80 bits per heavy atom. The van der Waals surface area contributed by atoms with E-state index in [1.807, 2.05) is 0 Å². The maximum absolute atomic E-state index is 6.53. The van der Waals surface area contributed by atoms with Gasteiger partial charge < -0.3 is 4.67 Å². The second kappa shape index (κ2) is 3.93. The lowest BCUT2D eigenvalue weighted by atomic mass is 10.2. The van der Waals surface area contributed by atoms with Gasteiger partial charge in [0.1, 0.15) is 0 Å². The summed E-state index contributed by atoms with van der Waals surface area (Å²) in [7, 11) is -0.606. The van der Waals surface area contributed by atoms with Crippen LogP contribution >= 0.6 is 18.8 Å². The molecule has 0 spiro atoms. The van der Waals surface area contributed by atoms with Gasteiger partial charge in [-0.15, -0.1) is 0 Å². The van der Waals surface area contributed by atoms with E-state index in [0.29, 0.717) is 6.04 Å². The Kier molecular flexibility index (Phi) is 2.59. The Bertz CT molecular complexity index is 346. The summed E-state index contributed by atoms with van der Waals surface area (Å²) in [4.78, 5) is 0. The van der Waals surface area contributed by atoms with Crippen LogP contribution in [-0.2, 0) is 0 Å². The number of halogens is 1. The fourth-order valence-corrected chi connectivity index (χ4v) is 5.16. The average Bonchev–Trinajstić information content (AvgIpc) is 2.83. The second-order valence-corrected chi connectivity index (χ2v) is 6.50. The highest BCUT2D eigenvalue weighted by Crippen LogP contribution is 2.59. The van der Waals surface area contributed by atoms with Crippen LogP contribution in [0, 0.1) is 0 Å². The average molecular weight is 241 g/mol. The highest BCUT2D eigenvalue weighted by molar-refractivity contribution is 7.83. The van der Waals surface area contributed by atoms with Crippen LogP contribution in [0.3, 0.4) is 0 Å². The number of hydrogen-bond donors (Lipinski definition) is 0. The molecule has 0 aromatic heterocycles. The summed E-state index contributed by atoms with van der Waals surface area (Å²) >= 11 is 6.53. The van der Waals surface area contributed by atoms with Crippen molar-refractivity contribution in [2.24, 2.45) is 0 Å². The second-order valence-electron chi connectivity index (χ2n) is 4.12. The van der Waals surface area contributed by atoms with Crippen molar-refractivity contribution in [3.05, 3.63) is 30.3 Å². The van der Waals surface area contributed by atoms with Crippen molar-refractivity contribution in [1.82, 2.24) is 4.67 Å². The lowest BCUT2D eigenvalue weighted by Crippen LogP contribution is -2.20. The first-order valence-electron chi connectivity index (χ1n) is 5.41. The molecule has 0 aliphatic carbocycles. The minimum Gasteiger partial charge on any atom is -0.324 e. The molecule has 2 fully saturated rings. The zero-order valence-electron chi connectivity index (χ0n) is 8.51. The fourth-order valence-electron chi connectivity index (χ4n) is 2.43. The van der Waals surface area contributed by atoms with Crippen LogP contribution in [0.2, 0.25) is 0 Å². The Morgan fingerprint density at radius 1 is 1.27 bits per heavy atom. The van der Waals surface area contributed by atoms with Gasteiger partial charge in [-0.3, -0.25) is 0 Å². The number of hydrogen-bond acceptors (Lipinski definition) is 2. The van der Waals surface area contributed by atoms with Crippen LogP contribution < -0.4 is 4.67 Å². The molecule has 2 aliphatic rings. The predicted octanol–water partition coefficient (Wildman–Crippen LogP) is 3.44. The molecule has 0 radical (unpaired) electrons. The molecular weight excluding hydrogens is 227 g/mol. The summed E-state index contributed by atoms with van der Waals surface area (Å²) in [5.41, 5.74) is 1.27. The predicted molar refractivity (Wildman–Crippen MR) is 66.3 cm³/mol. The summed E-state index contributed by atoms with van der Waals surface area (Å²) in [5, 5.41) is 0. The number of rotatable bonds is 1. The Labute approximate surface area is 96.5 Å². The quantitative estimate of drug-likeness (QED) is 0.694. The van der Waals surface area contributed by atoms with Gasteiger partial charge in [-0.2, -0.15) is 0 Å². The van der Waals surface area contributed by atoms with Crippen molar-refractivity contribution < 1.29 is 0 Å². The molecule has 2 atom stereocenters. The van der Waals surface area contributed by atoms with Crippen molar-refractivity contribution >= 4 is 24.5 Å². The van der Waals surface area contributed by atoms with Gasteiger partial charge in [-0.05, 0) is 25.0 Å². The van der Waals surface area contributed by atoms with Crippen molar-refractivity contribution in [3.63, 3.8) is 0 Å². The Morgan fingerprint density at radius 2 is 2.07 bits per heavy atom. The molecule has 1 aromatic carbocycles. The molecule has 4 heteroatoms. The van der Waals surface area contributed by atoms with Gasteiger partial charge in [-0.25, -0.2) is 4.67 Å². The van der Waals surface area contributed by atoms with Crippen LogP contribution in [0.4, 0.5) is 5.69 Å². The van der Waals surface area contributed by atoms with E-state index in [1.165, 1.54) is 25.1 Å². The topological polar surface area (TPSA) is 6.48 Å². The van der Waals surface area contributed by atoms with E-state index >= 15 is 0 Å². The molecule has 0 saturated carbocycles. The van der Waals surface area contributed by atoms with Crippen molar-refractivity contribution in [2.45, 2.75) is 18.9 Å². The minimum atomic E-state index is -0.606. The Balaban J connectivity index is 1.85. The van der Waals surface area contributed by atoms with Crippen LogP contribution in [0.5, 0.6) is 0 Å². The van der Waals surface area contributed by atoms with E-state index < -0.39 is 7.58 Å². The largest absolute Gasteiger partial charge is 0.324 e. The van der Waals surface area contributed by atoms with Crippen molar-refractivity contribution in [2.75, 3.05) is 17.8 Å². The number of nitrogens with zero attached hydrogens (tertiary/aromatic N) is 2. The Hall–Kier alpha value is -0.300. The molecular formula is C11H14ClN2P. The first-order chi connectivity index (χ1) is 7.36. The van der Waals surface area contributed by atoms with Gasteiger partial charge in [0.2, 0.25) is 0 Å². The van der Waals surface area contributed by atoms with Gasteiger partial charge in [0.15, 0.2) is 7.58 Å². The highest BCUT2D eigenvalue weighted by Gasteiger charge is 2.41. The first-order valence-corrected chi connectivity index (χ1v) is 7.56. The molecule has 1 aromatic rings. The van der Waals surface area contributed by atoms with Gasteiger partial charge >= 0.3 is 0 Å². The maximum Gasteiger partial charge on any atom is 0.168 e.